The fourth-order valence-electron chi connectivity index (χ4n) is 3.44. The number of aryl methyl sites for hydroxylation is 1. The number of amides is 1. The topological polar surface area (TPSA) is 64.3 Å². The predicted molar refractivity (Wildman–Crippen MR) is 93.7 cm³/mol. The number of benzene rings is 1. The van der Waals surface area contributed by atoms with Crippen LogP contribution in [0.4, 0.5) is 0 Å². The molecule has 0 radical (unpaired) electrons. The van der Waals surface area contributed by atoms with Crippen molar-refractivity contribution in [3.63, 3.8) is 0 Å². The molecule has 4 heteroatoms. The van der Waals surface area contributed by atoms with Crippen LogP contribution in [0.2, 0.25) is 0 Å². The first-order chi connectivity index (χ1) is 10.9. The molecule has 1 aliphatic rings. The zero-order valence-corrected chi connectivity index (χ0v) is 14.8. The van der Waals surface area contributed by atoms with Gasteiger partial charge in [-0.05, 0) is 68.3 Å². The highest BCUT2D eigenvalue weighted by Gasteiger charge is 2.29. The molecule has 0 heterocycles. The normalized spacial score (nSPS) is 22.2. The van der Waals surface area contributed by atoms with E-state index < -0.39 is 6.10 Å². The first-order valence-electron chi connectivity index (χ1n) is 8.70. The van der Waals surface area contributed by atoms with Crippen molar-refractivity contribution in [2.75, 3.05) is 6.54 Å². The highest BCUT2D eigenvalue weighted by atomic mass is 16.5. The van der Waals surface area contributed by atoms with E-state index in [1.165, 1.54) is 11.1 Å². The molecule has 1 aromatic rings. The maximum Gasteiger partial charge on any atom is 0.261 e. The van der Waals surface area contributed by atoms with Gasteiger partial charge in [0.15, 0.2) is 6.10 Å². The zero-order valence-electron chi connectivity index (χ0n) is 14.8. The van der Waals surface area contributed by atoms with Crippen LogP contribution in [0.3, 0.4) is 0 Å². The van der Waals surface area contributed by atoms with E-state index in [2.05, 4.69) is 32.2 Å². The quantitative estimate of drug-likeness (QED) is 0.847. The summed E-state index contributed by atoms with van der Waals surface area (Å²) in [5.74, 6) is 1.58. The van der Waals surface area contributed by atoms with Crippen molar-refractivity contribution in [1.82, 2.24) is 5.32 Å². The fraction of sp³-hybridized carbons (Fsp3) is 0.632. The Labute approximate surface area is 139 Å². The second kappa shape index (κ2) is 7.82. The van der Waals surface area contributed by atoms with Gasteiger partial charge in [0, 0.05) is 6.04 Å². The van der Waals surface area contributed by atoms with Crippen molar-refractivity contribution in [2.45, 2.75) is 65.0 Å². The van der Waals surface area contributed by atoms with E-state index in [0.717, 1.165) is 25.0 Å². The molecule has 1 aliphatic carbocycles. The minimum atomic E-state index is -0.502. The lowest BCUT2D eigenvalue weighted by molar-refractivity contribution is -0.128. The van der Waals surface area contributed by atoms with Gasteiger partial charge in [0.2, 0.25) is 0 Å². The Hall–Kier alpha value is -1.55. The van der Waals surface area contributed by atoms with Crippen molar-refractivity contribution in [3.05, 3.63) is 29.3 Å². The number of nitrogens with two attached hydrogens (primary N) is 1. The van der Waals surface area contributed by atoms with Gasteiger partial charge in [0.25, 0.3) is 5.91 Å². The van der Waals surface area contributed by atoms with E-state index in [1.807, 2.05) is 12.1 Å². The Balaban J connectivity index is 1.94. The predicted octanol–water partition coefficient (Wildman–Crippen LogP) is 3.13. The van der Waals surface area contributed by atoms with Gasteiger partial charge >= 0.3 is 0 Å². The van der Waals surface area contributed by atoms with Crippen molar-refractivity contribution in [1.29, 1.82) is 0 Å². The molecule has 128 valence electrons. The molecule has 3 unspecified atom stereocenters. The summed E-state index contributed by atoms with van der Waals surface area (Å²) >= 11 is 0. The number of carbonyl (C=O) groups excluding carboxylic acids is 1. The Morgan fingerprint density at radius 2 is 2.09 bits per heavy atom. The lowest BCUT2D eigenvalue weighted by Gasteiger charge is -2.22. The summed E-state index contributed by atoms with van der Waals surface area (Å²) in [6, 6.07) is 6.24. The number of carbonyl (C=O) groups is 1. The van der Waals surface area contributed by atoms with Gasteiger partial charge in [0.1, 0.15) is 5.75 Å². The molecule has 0 spiro atoms. The van der Waals surface area contributed by atoms with Crippen LogP contribution >= 0.6 is 0 Å². The molecular formula is C19H30N2O2. The smallest absolute Gasteiger partial charge is 0.261 e. The number of nitrogens with one attached hydrogen (secondary N) is 1. The van der Waals surface area contributed by atoms with E-state index in [-0.39, 0.29) is 11.9 Å². The minimum Gasteiger partial charge on any atom is -0.481 e. The molecule has 2 rings (SSSR count). The summed E-state index contributed by atoms with van der Waals surface area (Å²) in [6.07, 6.45) is 2.76. The van der Waals surface area contributed by atoms with Crippen LogP contribution in [0.15, 0.2) is 18.2 Å². The largest absolute Gasteiger partial charge is 0.481 e. The van der Waals surface area contributed by atoms with Crippen LogP contribution in [-0.2, 0) is 4.79 Å². The summed E-state index contributed by atoms with van der Waals surface area (Å²) in [7, 11) is 0. The maximum atomic E-state index is 12.3. The minimum absolute atomic E-state index is 0.0547. The molecule has 3 N–H and O–H groups in total. The molecule has 23 heavy (non-hydrogen) atoms. The van der Waals surface area contributed by atoms with Gasteiger partial charge in [0.05, 0.1) is 0 Å². The Kier molecular flexibility index (Phi) is 6.05. The highest BCUT2D eigenvalue weighted by molar-refractivity contribution is 5.81. The van der Waals surface area contributed by atoms with Crippen molar-refractivity contribution < 1.29 is 9.53 Å². The standard InChI is InChI=1S/C19H30N2O2/c1-12(2)17-9-8-16(10-13(17)3)23-14(4)19(22)21-18-7-5-6-15(18)11-20/h8-10,12,14-15,18H,5-7,11,20H2,1-4H3,(H,21,22). The summed E-state index contributed by atoms with van der Waals surface area (Å²) in [5.41, 5.74) is 8.28. The van der Waals surface area contributed by atoms with Gasteiger partial charge in [-0.2, -0.15) is 0 Å². The summed E-state index contributed by atoms with van der Waals surface area (Å²) < 4.78 is 5.83. The third-order valence-corrected chi connectivity index (χ3v) is 4.83. The van der Waals surface area contributed by atoms with Crippen molar-refractivity contribution >= 4 is 5.91 Å². The lowest BCUT2D eigenvalue weighted by Crippen LogP contribution is -2.45. The second-order valence-corrected chi connectivity index (χ2v) is 6.97. The van der Waals surface area contributed by atoms with E-state index in [4.69, 9.17) is 10.5 Å². The van der Waals surface area contributed by atoms with Gasteiger partial charge in [-0.3, -0.25) is 4.79 Å². The third kappa shape index (κ3) is 4.47. The third-order valence-electron chi connectivity index (χ3n) is 4.83. The zero-order chi connectivity index (χ0) is 17.0. The maximum absolute atomic E-state index is 12.3. The molecule has 0 saturated heterocycles. The Bertz CT molecular complexity index is 542. The number of rotatable bonds is 6. The molecule has 3 atom stereocenters. The Morgan fingerprint density at radius 3 is 2.70 bits per heavy atom. The first-order valence-corrected chi connectivity index (χ1v) is 8.70. The summed E-state index contributed by atoms with van der Waals surface area (Å²) in [5, 5.41) is 3.10. The molecule has 1 saturated carbocycles. The SMILES string of the molecule is Cc1cc(OC(C)C(=O)NC2CCCC2CN)ccc1C(C)C. The van der Waals surface area contributed by atoms with Crippen LogP contribution in [0.5, 0.6) is 5.75 Å². The van der Waals surface area contributed by atoms with Crippen LogP contribution in [-0.4, -0.2) is 24.6 Å². The number of hydrogen-bond donors (Lipinski definition) is 2. The first kappa shape index (κ1) is 17.8. The van der Waals surface area contributed by atoms with E-state index in [9.17, 15) is 4.79 Å². The fourth-order valence-corrected chi connectivity index (χ4v) is 3.44. The average molecular weight is 318 g/mol. The molecule has 1 amide bonds. The van der Waals surface area contributed by atoms with Crippen LogP contribution < -0.4 is 15.8 Å². The molecule has 0 aromatic heterocycles. The number of ether oxygens (including phenoxy) is 1. The molecule has 1 aromatic carbocycles. The Morgan fingerprint density at radius 1 is 1.35 bits per heavy atom. The average Bonchev–Trinajstić information content (AvgIpc) is 2.94. The molecule has 0 aliphatic heterocycles. The van der Waals surface area contributed by atoms with Crippen molar-refractivity contribution in [2.24, 2.45) is 11.7 Å². The van der Waals surface area contributed by atoms with Crippen LogP contribution in [0, 0.1) is 12.8 Å². The highest BCUT2D eigenvalue weighted by Crippen LogP contribution is 2.26. The van der Waals surface area contributed by atoms with Gasteiger partial charge in [-0.25, -0.2) is 0 Å². The molecule has 1 fully saturated rings. The summed E-state index contributed by atoms with van der Waals surface area (Å²) in [6.45, 7) is 8.86. The van der Waals surface area contributed by atoms with E-state index in [1.54, 1.807) is 6.92 Å². The monoisotopic (exact) mass is 318 g/mol. The van der Waals surface area contributed by atoms with Crippen LogP contribution in [0.1, 0.15) is 57.1 Å². The van der Waals surface area contributed by atoms with Gasteiger partial charge in [-0.15, -0.1) is 0 Å². The lowest BCUT2D eigenvalue weighted by atomic mass is 9.98. The van der Waals surface area contributed by atoms with Gasteiger partial charge in [-0.1, -0.05) is 26.3 Å². The van der Waals surface area contributed by atoms with E-state index in [0.29, 0.717) is 18.4 Å². The molecule has 4 nitrogen and oxygen atoms in total. The molecule has 0 bridgehead atoms. The molecular weight excluding hydrogens is 288 g/mol. The summed E-state index contributed by atoms with van der Waals surface area (Å²) in [4.78, 5) is 12.3. The van der Waals surface area contributed by atoms with E-state index >= 15 is 0 Å². The van der Waals surface area contributed by atoms with Crippen molar-refractivity contribution in [3.8, 4) is 5.75 Å². The second-order valence-electron chi connectivity index (χ2n) is 6.97. The van der Waals surface area contributed by atoms with Gasteiger partial charge < -0.3 is 15.8 Å². The van der Waals surface area contributed by atoms with Crippen LogP contribution in [0.25, 0.3) is 0 Å². The number of hydrogen-bond acceptors (Lipinski definition) is 3.